The van der Waals surface area contributed by atoms with Crippen molar-refractivity contribution in [3.63, 3.8) is 0 Å². The van der Waals surface area contributed by atoms with Gasteiger partial charge in [0.25, 0.3) is 0 Å². The maximum Gasteiger partial charge on any atom is 0.161 e. The van der Waals surface area contributed by atoms with Crippen LogP contribution in [-0.2, 0) is 0 Å². The number of furan rings is 1. The molecule has 0 atom stereocenters. The Morgan fingerprint density at radius 1 is 0.410 bits per heavy atom. The minimum Gasteiger partial charge on any atom is -0.454 e. The van der Waals surface area contributed by atoms with E-state index >= 15 is 0 Å². The summed E-state index contributed by atoms with van der Waals surface area (Å²) in [7, 11) is 0. The van der Waals surface area contributed by atoms with E-state index in [1.165, 1.54) is 43.8 Å². The van der Waals surface area contributed by atoms with Crippen molar-refractivity contribution in [1.82, 2.24) is 4.98 Å². The number of benzene rings is 6. The molecule has 2 aromatic heterocycles. The quantitative estimate of drug-likeness (QED) is 0.227. The van der Waals surface area contributed by atoms with Crippen LogP contribution in [0.3, 0.4) is 0 Å². The molecule has 0 aliphatic rings. The van der Waals surface area contributed by atoms with E-state index in [-0.39, 0.29) is 0 Å². The van der Waals surface area contributed by atoms with E-state index in [9.17, 15) is 0 Å². The number of hydrogen-bond acceptors (Lipinski definition) is 2. The first kappa shape index (κ1) is 21.8. The molecule has 0 aliphatic heterocycles. The molecule has 182 valence electrons. The summed E-state index contributed by atoms with van der Waals surface area (Å²) in [6, 6.07) is 47.1. The highest BCUT2D eigenvalue weighted by Gasteiger charge is 2.19. The van der Waals surface area contributed by atoms with E-state index in [2.05, 4.69) is 115 Å². The van der Waals surface area contributed by atoms with Gasteiger partial charge in [0.1, 0.15) is 11.3 Å². The van der Waals surface area contributed by atoms with Gasteiger partial charge in [-0.05, 0) is 62.0 Å². The maximum absolute atomic E-state index is 6.37. The van der Waals surface area contributed by atoms with Gasteiger partial charge in [-0.25, -0.2) is 0 Å². The highest BCUT2D eigenvalue weighted by molar-refractivity contribution is 6.22. The van der Waals surface area contributed by atoms with Gasteiger partial charge in [-0.15, -0.1) is 0 Å². The fraction of sp³-hybridized carbons (Fsp3) is 0. The van der Waals surface area contributed by atoms with Gasteiger partial charge >= 0.3 is 0 Å². The summed E-state index contributed by atoms with van der Waals surface area (Å²) in [6.45, 7) is 0. The van der Waals surface area contributed by atoms with Crippen molar-refractivity contribution >= 4 is 43.5 Å². The van der Waals surface area contributed by atoms with E-state index in [0.717, 1.165) is 33.2 Å². The fourth-order valence-corrected chi connectivity index (χ4v) is 6.01. The molecule has 2 heterocycles. The molecule has 0 spiro atoms. The first-order valence-corrected chi connectivity index (χ1v) is 13.2. The van der Waals surface area contributed by atoms with Crippen LogP contribution in [0, 0.1) is 0 Å². The molecule has 0 radical (unpaired) electrons. The summed E-state index contributed by atoms with van der Waals surface area (Å²) in [5, 5.41) is 7.11. The molecule has 8 rings (SSSR count). The zero-order chi connectivity index (χ0) is 25.8. The van der Waals surface area contributed by atoms with E-state index in [4.69, 9.17) is 9.40 Å². The molecule has 0 saturated heterocycles. The Morgan fingerprint density at radius 2 is 0.974 bits per heavy atom. The van der Waals surface area contributed by atoms with Gasteiger partial charge in [0, 0.05) is 22.5 Å². The molecule has 0 aliphatic carbocycles. The lowest BCUT2D eigenvalue weighted by Gasteiger charge is -2.18. The second-order valence-corrected chi connectivity index (χ2v) is 9.92. The summed E-state index contributed by atoms with van der Waals surface area (Å²) in [5.41, 5.74) is 8.50. The van der Waals surface area contributed by atoms with E-state index in [1.807, 2.05) is 24.4 Å². The Balaban J connectivity index is 1.51. The number of rotatable bonds is 3. The normalized spacial score (nSPS) is 11.6. The van der Waals surface area contributed by atoms with Crippen molar-refractivity contribution in [1.29, 1.82) is 0 Å². The molecule has 8 aromatic rings. The van der Waals surface area contributed by atoms with Gasteiger partial charge in [0.2, 0.25) is 0 Å². The van der Waals surface area contributed by atoms with Gasteiger partial charge in [-0.3, -0.25) is 4.98 Å². The van der Waals surface area contributed by atoms with E-state index in [1.54, 1.807) is 0 Å². The van der Waals surface area contributed by atoms with Crippen LogP contribution in [0.15, 0.2) is 144 Å². The van der Waals surface area contributed by atoms with Gasteiger partial charge in [-0.2, -0.15) is 0 Å². The second kappa shape index (κ2) is 8.68. The van der Waals surface area contributed by atoms with E-state index in [0.29, 0.717) is 0 Å². The Labute approximate surface area is 225 Å². The molecule has 6 aromatic carbocycles. The Kier molecular flexibility index (Phi) is 4.86. The van der Waals surface area contributed by atoms with Crippen molar-refractivity contribution in [2.75, 3.05) is 0 Å². The summed E-state index contributed by atoms with van der Waals surface area (Å²) in [4.78, 5) is 4.83. The van der Waals surface area contributed by atoms with Crippen molar-refractivity contribution in [3.05, 3.63) is 140 Å². The molecule has 39 heavy (non-hydrogen) atoms. The molecule has 2 heteroatoms. The van der Waals surface area contributed by atoms with Crippen molar-refractivity contribution in [3.8, 4) is 33.5 Å². The predicted molar refractivity (Wildman–Crippen MR) is 163 cm³/mol. The molecule has 0 bridgehead atoms. The third kappa shape index (κ3) is 3.39. The molecule has 0 N–H and O–H groups in total. The lowest BCUT2D eigenvalue weighted by Crippen LogP contribution is -1.92. The zero-order valence-electron chi connectivity index (χ0n) is 21.1. The molecule has 0 saturated carbocycles. The van der Waals surface area contributed by atoms with Crippen molar-refractivity contribution in [2.45, 2.75) is 0 Å². The average molecular weight is 498 g/mol. The molecule has 0 amide bonds. The minimum atomic E-state index is 0.823. The molecular formula is C37H23NO. The monoisotopic (exact) mass is 497 g/mol. The van der Waals surface area contributed by atoms with Gasteiger partial charge in [0.15, 0.2) is 5.58 Å². The highest BCUT2D eigenvalue weighted by atomic mass is 16.3. The first-order valence-electron chi connectivity index (χ1n) is 13.2. The summed E-state index contributed by atoms with van der Waals surface area (Å²) in [6.07, 6.45) is 1.89. The first-order chi connectivity index (χ1) is 19.4. The number of fused-ring (bicyclic) bond motifs is 5. The van der Waals surface area contributed by atoms with Crippen LogP contribution >= 0.6 is 0 Å². The zero-order valence-corrected chi connectivity index (χ0v) is 21.1. The fourth-order valence-electron chi connectivity index (χ4n) is 6.01. The predicted octanol–water partition coefficient (Wildman–Crippen LogP) is 10.3. The third-order valence-electron chi connectivity index (χ3n) is 7.72. The van der Waals surface area contributed by atoms with E-state index < -0.39 is 0 Å². The van der Waals surface area contributed by atoms with Crippen molar-refractivity contribution < 1.29 is 4.42 Å². The van der Waals surface area contributed by atoms with Crippen LogP contribution in [-0.4, -0.2) is 4.98 Å². The second-order valence-electron chi connectivity index (χ2n) is 9.92. The van der Waals surface area contributed by atoms with Gasteiger partial charge in [-0.1, -0.05) is 115 Å². The summed E-state index contributed by atoms with van der Waals surface area (Å²) < 4.78 is 6.37. The number of nitrogens with zero attached hydrogens (tertiary/aromatic N) is 1. The van der Waals surface area contributed by atoms with Gasteiger partial charge in [0.05, 0.1) is 0 Å². The number of pyridine rings is 1. The largest absolute Gasteiger partial charge is 0.454 e. The Bertz CT molecular complexity index is 2160. The number of hydrogen-bond donors (Lipinski definition) is 0. The minimum absolute atomic E-state index is 0.823. The highest BCUT2D eigenvalue weighted by Crippen LogP contribution is 2.45. The summed E-state index contributed by atoms with van der Waals surface area (Å²) in [5.74, 6) is 0. The molecule has 0 unspecified atom stereocenters. The average Bonchev–Trinajstić information content (AvgIpc) is 3.39. The van der Waals surface area contributed by atoms with Crippen LogP contribution < -0.4 is 0 Å². The van der Waals surface area contributed by atoms with Crippen LogP contribution in [0.1, 0.15) is 0 Å². The van der Waals surface area contributed by atoms with Crippen LogP contribution in [0.2, 0.25) is 0 Å². The Morgan fingerprint density at radius 3 is 1.67 bits per heavy atom. The van der Waals surface area contributed by atoms with Gasteiger partial charge < -0.3 is 4.42 Å². The molecular weight excluding hydrogens is 474 g/mol. The number of para-hydroxylation sites is 1. The topological polar surface area (TPSA) is 26.0 Å². The van der Waals surface area contributed by atoms with Crippen LogP contribution in [0.4, 0.5) is 0 Å². The standard InChI is InChI=1S/C37H23NO/c1-3-11-24(12-4-1)34-28-16-7-8-17-29(28)35(25-13-5-2-6-14-25)32-23-26(19-20-30(32)34)36-37-31(21-22-38-36)27-15-9-10-18-33(27)39-37/h1-23H. The number of aromatic nitrogens is 1. The summed E-state index contributed by atoms with van der Waals surface area (Å²) >= 11 is 0. The SMILES string of the molecule is c1ccc(-c2c3ccccc3c(-c3ccccc3)c3cc(-c4nccc5c4oc4ccccc45)ccc23)cc1. The van der Waals surface area contributed by atoms with Crippen LogP contribution in [0.25, 0.3) is 77.0 Å². The van der Waals surface area contributed by atoms with Crippen molar-refractivity contribution in [2.24, 2.45) is 0 Å². The smallest absolute Gasteiger partial charge is 0.161 e. The Hall–Kier alpha value is -5.21. The maximum atomic E-state index is 6.37. The lowest BCUT2D eigenvalue weighted by molar-refractivity contribution is 0.668. The molecule has 2 nitrogen and oxygen atoms in total. The third-order valence-corrected chi connectivity index (χ3v) is 7.72. The van der Waals surface area contributed by atoms with Crippen LogP contribution in [0.5, 0.6) is 0 Å². The molecule has 0 fully saturated rings. The lowest BCUT2D eigenvalue weighted by atomic mass is 9.85.